The van der Waals surface area contributed by atoms with Crippen LogP contribution in [0.25, 0.3) is 11.4 Å². The van der Waals surface area contributed by atoms with Crippen LogP contribution in [0.5, 0.6) is 0 Å². The Morgan fingerprint density at radius 2 is 1.82 bits per heavy atom. The number of halogens is 1. The molecule has 8 heteroatoms. The van der Waals surface area contributed by atoms with E-state index in [0.717, 1.165) is 12.0 Å². The highest BCUT2D eigenvalue weighted by Gasteiger charge is 2.18. The van der Waals surface area contributed by atoms with Gasteiger partial charge in [0.2, 0.25) is 5.89 Å². The second-order valence-corrected chi connectivity index (χ2v) is 7.05. The summed E-state index contributed by atoms with van der Waals surface area (Å²) >= 11 is 1.44. The van der Waals surface area contributed by atoms with E-state index in [2.05, 4.69) is 20.3 Å². The molecule has 0 aliphatic carbocycles. The molecular weight excluding hydrogens is 377 g/mol. The zero-order chi connectivity index (χ0) is 19.3. The van der Waals surface area contributed by atoms with E-state index in [1.54, 1.807) is 18.2 Å². The molecule has 2 heterocycles. The van der Waals surface area contributed by atoms with Gasteiger partial charge in [0.15, 0.2) is 16.8 Å². The van der Waals surface area contributed by atoms with Crippen molar-refractivity contribution in [3.63, 3.8) is 0 Å². The Morgan fingerprint density at radius 1 is 1.04 bits per heavy atom. The molecule has 0 radical (unpaired) electrons. The van der Waals surface area contributed by atoms with Gasteiger partial charge in [-0.25, -0.2) is 4.39 Å². The third kappa shape index (κ3) is 3.96. The number of aromatic nitrogens is 5. The molecule has 0 atom stereocenters. The van der Waals surface area contributed by atoms with E-state index in [-0.39, 0.29) is 5.82 Å². The van der Waals surface area contributed by atoms with Crippen molar-refractivity contribution >= 4 is 11.8 Å². The summed E-state index contributed by atoms with van der Waals surface area (Å²) in [5.74, 6) is 1.84. The summed E-state index contributed by atoms with van der Waals surface area (Å²) in [6.07, 6.45) is 0.718. The van der Waals surface area contributed by atoms with E-state index in [0.29, 0.717) is 40.6 Å². The van der Waals surface area contributed by atoms with Gasteiger partial charge in [-0.1, -0.05) is 66.3 Å². The van der Waals surface area contributed by atoms with Crippen molar-refractivity contribution in [1.82, 2.24) is 24.9 Å². The molecule has 0 fully saturated rings. The van der Waals surface area contributed by atoms with Crippen molar-refractivity contribution in [2.75, 3.05) is 0 Å². The molecule has 2 aromatic carbocycles. The summed E-state index contributed by atoms with van der Waals surface area (Å²) in [6.45, 7) is 2.50. The summed E-state index contributed by atoms with van der Waals surface area (Å²) < 4.78 is 21.5. The molecule has 0 N–H and O–H groups in total. The van der Waals surface area contributed by atoms with Gasteiger partial charge >= 0.3 is 0 Å². The molecule has 0 aliphatic rings. The van der Waals surface area contributed by atoms with Gasteiger partial charge in [0.05, 0.1) is 17.9 Å². The lowest BCUT2D eigenvalue weighted by Crippen LogP contribution is -2.05. The highest BCUT2D eigenvalue weighted by atomic mass is 32.2. The van der Waals surface area contributed by atoms with Crippen LogP contribution < -0.4 is 0 Å². The normalized spacial score (nSPS) is 11.1. The van der Waals surface area contributed by atoms with Crippen LogP contribution in [0.1, 0.15) is 24.2 Å². The fourth-order valence-electron chi connectivity index (χ4n) is 2.76. The second-order valence-electron chi connectivity index (χ2n) is 6.10. The van der Waals surface area contributed by atoms with Crippen LogP contribution in [0.2, 0.25) is 0 Å². The third-order valence-electron chi connectivity index (χ3n) is 4.17. The van der Waals surface area contributed by atoms with Crippen molar-refractivity contribution in [3.05, 3.63) is 77.7 Å². The Labute approximate surface area is 165 Å². The number of hydrogen-bond donors (Lipinski definition) is 0. The quantitative estimate of drug-likeness (QED) is 0.433. The maximum absolute atomic E-state index is 14.4. The Balaban J connectivity index is 1.66. The lowest BCUT2D eigenvalue weighted by molar-refractivity contribution is 0.385. The van der Waals surface area contributed by atoms with Crippen LogP contribution in [0.4, 0.5) is 4.39 Å². The van der Waals surface area contributed by atoms with E-state index in [1.165, 1.54) is 17.8 Å². The molecule has 0 spiro atoms. The fourth-order valence-corrected chi connectivity index (χ4v) is 3.54. The van der Waals surface area contributed by atoms with Crippen molar-refractivity contribution in [3.8, 4) is 11.4 Å². The Bertz CT molecular complexity index is 1060. The number of benzene rings is 2. The fraction of sp³-hybridized carbons (Fsp3) is 0.200. The van der Waals surface area contributed by atoms with Crippen molar-refractivity contribution in [1.29, 1.82) is 0 Å². The maximum atomic E-state index is 14.4. The molecule has 4 rings (SSSR count). The summed E-state index contributed by atoms with van der Waals surface area (Å²) in [6, 6.07) is 16.5. The molecule has 6 nitrogen and oxygen atoms in total. The molecule has 0 aliphatic heterocycles. The Kier molecular flexibility index (Phi) is 5.48. The number of hydrogen-bond acceptors (Lipinski definition) is 6. The molecule has 28 heavy (non-hydrogen) atoms. The zero-order valence-corrected chi connectivity index (χ0v) is 16.1. The van der Waals surface area contributed by atoms with Crippen LogP contribution in [0.3, 0.4) is 0 Å². The first-order valence-electron chi connectivity index (χ1n) is 8.91. The standard InChI is InChI=1S/C20H18FN5OS/c1-2-17-22-18(27-25-17)13-28-20-24-23-19(15-10-6-7-11-16(15)21)26(20)12-14-8-4-3-5-9-14/h3-11H,2,12-13H2,1H3. The second kappa shape index (κ2) is 8.35. The van der Waals surface area contributed by atoms with Gasteiger partial charge in [-0.3, -0.25) is 4.57 Å². The summed E-state index contributed by atoms with van der Waals surface area (Å²) in [5.41, 5.74) is 1.50. The van der Waals surface area contributed by atoms with Crippen LogP contribution in [0, 0.1) is 5.82 Å². The van der Waals surface area contributed by atoms with E-state index < -0.39 is 0 Å². The van der Waals surface area contributed by atoms with Gasteiger partial charge < -0.3 is 4.52 Å². The highest BCUT2D eigenvalue weighted by Crippen LogP contribution is 2.28. The summed E-state index contributed by atoms with van der Waals surface area (Å²) in [7, 11) is 0. The van der Waals surface area contributed by atoms with Gasteiger partial charge in [-0.15, -0.1) is 10.2 Å². The van der Waals surface area contributed by atoms with Crippen molar-refractivity contribution < 1.29 is 8.91 Å². The molecule has 0 saturated heterocycles. The average Bonchev–Trinajstić information content (AvgIpc) is 3.34. The van der Waals surface area contributed by atoms with Gasteiger partial charge in [0.25, 0.3) is 0 Å². The first kappa shape index (κ1) is 18.4. The topological polar surface area (TPSA) is 69.6 Å². The Hall–Kier alpha value is -3.00. The minimum absolute atomic E-state index is 0.328. The average molecular weight is 395 g/mol. The van der Waals surface area contributed by atoms with Crippen LogP contribution in [-0.2, 0) is 18.7 Å². The summed E-state index contributed by atoms with van der Waals surface area (Å²) in [5, 5.41) is 13.1. The number of thioether (sulfide) groups is 1. The lowest BCUT2D eigenvalue weighted by Gasteiger charge is -2.10. The first-order chi connectivity index (χ1) is 13.7. The molecule has 0 saturated carbocycles. The number of nitrogens with zero attached hydrogens (tertiary/aromatic N) is 5. The monoisotopic (exact) mass is 395 g/mol. The van der Waals surface area contributed by atoms with Crippen molar-refractivity contribution in [2.24, 2.45) is 0 Å². The van der Waals surface area contributed by atoms with Crippen LogP contribution in [-0.4, -0.2) is 24.9 Å². The maximum Gasteiger partial charge on any atom is 0.237 e. The van der Waals surface area contributed by atoms with Crippen LogP contribution >= 0.6 is 11.8 Å². The molecule has 0 amide bonds. The minimum Gasteiger partial charge on any atom is -0.338 e. The molecule has 0 bridgehead atoms. The predicted octanol–water partition coefficient (Wildman–Crippen LogP) is 4.37. The molecule has 0 unspecified atom stereocenters. The highest BCUT2D eigenvalue weighted by molar-refractivity contribution is 7.98. The molecular formula is C20H18FN5OS. The van der Waals surface area contributed by atoms with E-state index in [9.17, 15) is 4.39 Å². The molecule has 4 aromatic rings. The van der Waals surface area contributed by atoms with Crippen molar-refractivity contribution in [2.45, 2.75) is 30.8 Å². The lowest BCUT2D eigenvalue weighted by atomic mass is 10.2. The number of aryl methyl sites for hydroxylation is 1. The SMILES string of the molecule is CCc1noc(CSc2nnc(-c3ccccc3F)n2Cc2ccccc2)n1. The van der Waals surface area contributed by atoms with Gasteiger partial charge in [-0.2, -0.15) is 4.98 Å². The van der Waals surface area contributed by atoms with Gasteiger partial charge in [0, 0.05) is 6.42 Å². The summed E-state index contributed by atoms with van der Waals surface area (Å²) in [4.78, 5) is 4.32. The minimum atomic E-state index is -0.328. The van der Waals surface area contributed by atoms with Crippen LogP contribution in [0.15, 0.2) is 64.3 Å². The van der Waals surface area contributed by atoms with E-state index >= 15 is 0 Å². The zero-order valence-electron chi connectivity index (χ0n) is 15.2. The van der Waals surface area contributed by atoms with Gasteiger partial charge in [0.1, 0.15) is 5.82 Å². The largest absolute Gasteiger partial charge is 0.338 e. The Morgan fingerprint density at radius 3 is 2.57 bits per heavy atom. The molecule has 142 valence electrons. The van der Waals surface area contributed by atoms with E-state index in [1.807, 2.05) is 41.8 Å². The predicted molar refractivity (Wildman–Crippen MR) is 104 cm³/mol. The first-order valence-corrected chi connectivity index (χ1v) is 9.89. The van der Waals surface area contributed by atoms with Gasteiger partial charge in [-0.05, 0) is 17.7 Å². The number of rotatable bonds is 7. The third-order valence-corrected chi connectivity index (χ3v) is 5.12. The molecule has 2 aromatic heterocycles. The van der Waals surface area contributed by atoms with E-state index in [4.69, 9.17) is 4.52 Å². The smallest absolute Gasteiger partial charge is 0.237 e.